The summed E-state index contributed by atoms with van der Waals surface area (Å²) < 4.78 is 11.0. The summed E-state index contributed by atoms with van der Waals surface area (Å²) in [5, 5.41) is 8.67. The molecule has 86 valence electrons. The number of carboxylic acids is 1. The van der Waals surface area contributed by atoms with Crippen molar-refractivity contribution in [2.45, 2.75) is 38.2 Å². The van der Waals surface area contributed by atoms with Crippen LogP contribution in [0.3, 0.4) is 0 Å². The van der Waals surface area contributed by atoms with Gasteiger partial charge in [-0.2, -0.15) is 0 Å². The minimum atomic E-state index is -0.761. The highest BCUT2D eigenvalue weighted by Crippen LogP contribution is 2.40. The second-order valence-electron chi connectivity index (χ2n) is 4.68. The first-order chi connectivity index (χ1) is 7.20. The number of hydrogen-bond acceptors (Lipinski definition) is 3. The molecule has 2 rings (SSSR count). The van der Waals surface area contributed by atoms with Crippen LogP contribution in [0.15, 0.2) is 0 Å². The van der Waals surface area contributed by atoms with Gasteiger partial charge in [0.25, 0.3) is 0 Å². The predicted octanol–water partition coefficient (Wildman–Crippen LogP) is 1.44. The number of carbonyl (C=O) groups is 1. The van der Waals surface area contributed by atoms with Gasteiger partial charge in [0, 0.05) is 13.2 Å². The van der Waals surface area contributed by atoms with E-state index >= 15 is 0 Å². The fraction of sp³-hybridized carbons (Fsp3) is 0.909. The number of rotatable bonds is 2. The molecule has 0 aliphatic carbocycles. The summed E-state index contributed by atoms with van der Waals surface area (Å²) in [7, 11) is 0. The average Bonchev–Trinajstić information content (AvgIpc) is 2.23. The first-order valence-electron chi connectivity index (χ1n) is 5.61. The maximum absolute atomic E-state index is 10.5. The van der Waals surface area contributed by atoms with Crippen LogP contribution in [0.2, 0.25) is 0 Å². The van der Waals surface area contributed by atoms with Crippen molar-refractivity contribution in [2.24, 2.45) is 5.41 Å². The Kier molecular flexibility index (Phi) is 3.26. The van der Waals surface area contributed by atoms with Gasteiger partial charge >= 0.3 is 5.97 Å². The Labute approximate surface area is 89.6 Å². The van der Waals surface area contributed by atoms with Gasteiger partial charge in [-0.05, 0) is 31.1 Å². The van der Waals surface area contributed by atoms with Crippen molar-refractivity contribution in [3.63, 3.8) is 0 Å². The average molecular weight is 214 g/mol. The monoisotopic (exact) mass is 214 g/mol. The molecule has 2 aliphatic rings. The SMILES string of the molecule is O=C(O)C[C@@H]1CCC2(CCOCC2)CO1. The maximum Gasteiger partial charge on any atom is 0.305 e. The van der Waals surface area contributed by atoms with Crippen molar-refractivity contribution < 1.29 is 19.4 Å². The minimum absolute atomic E-state index is 0.0732. The first kappa shape index (κ1) is 10.9. The molecule has 1 N–H and O–H groups in total. The van der Waals surface area contributed by atoms with Crippen LogP contribution in [0.4, 0.5) is 0 Å². The van der Waals surface area contributed by atoms with Crippen LogP contribution in [0, 0.1) is 5.41 Å². The zero-order valence-electron chi connectivity index (χ0n) is 8.91. The molecule has 2 fully saturated rings. The van der Waals surface area contributed by atoms with Crippen LogP contribution in [-0.2, 0) is 14.3 Å². The van der Waals surface area contributed by atoms with E-state index in [1.807, 2.05) is 0 Å². The van der Waals surface area contributed by atoms with Crippen LogP contribution in [0.1, 0.15) is 32.1 Å². The summed E-state index contributed by atoms with van der Waals surface area (Å²) in [5.41, 5.74) is 0.285. The molecule has 2 aliphatic heterocycles. The van der Waals surface area contributed by atoms with E-state index in [0.717, 1.165) is 38.9 Å². The molecule has 1 atom stereocenters. The largest absolute Gasteiger partial charge is 0.481 e. The van der Waals surface area contributed by atoms with Gasteiger partial charge in [-0.1, -0.05) is 0 Å². The second-order valence-corrected chi connectivity index (χ2v) is 4.68. The molecular weight excluding hydrogens is 196 g/mol. The molecule has 0 amide bonds. The van der Waals surface area contributed by atoms with Crippen molar-refractivity contribution in [2.75, 3.05) is 19.8 Å². The Morgan fingerprint density at radius 3 is 2.60 bits per heavy atom. The van der Waals surface area contributed by atoms with Gasteiger partial charge in [-0.3, -0.25) is 4.79 Å². The number of hydrogen-bond donors (Lipinski definition) is 1. The molecule has 2 heterocycles. The Bertz CT molecular complexity index is 223. The lowest BCUT2D eigenvalue weighted by Crippen LogP contribution is -2.40. The van der Waals surface area contributed by atoms with Crippen molar-refractivity contribution in [1.29, 1.82) is 0 Å². The van der Waals surface area contributed by atoms with Gasteiger partial charge in [-0.25, -0.2) is 0 Å². The zero-order chi connectivity index (χ0) is 10.7. The molecule has 1 spiro atoms. The van der Waals surface area contributed by atoms with E-state index in [2.05, 4.69) is 0 Å². The third kappa shape index (κ3) is 2.69. The Hall–Kier alpha value is -0.610. The van der Waals surface area contributed by atoms with E-state index in [1.54, 1.807) is 0 Å². The highest BCUT2D eigenvalue weighted by atomic mass is 16.5. The highest BCUT2D eigenvalue weighted by molar-refractivity contribution is 5.67. The van der Waals surface area contributed by atoms with Crippen LogP contribution >= 0.6 is 0 Å². The summed E-state index contributed by atoms with van der Waals surface area (Å²) in [4.78, 5) is 10.5. The van der Waals surface area contributed by atoms with E-state index in [4.69, 9.17) is 14.6 Å². The van der Waals surface area contributed by atoms with Crippen molar-refractivity contribution in [3.8, 4) is 0 Å². The molecule has 15 heavy (non-hydrogen) atoms. The molecule has 0 bridgehead atoms. The third-order valence-corrected chi connectivity index (χ3v) is 3.58. The normalized spacial score (nSPS) is 30.3. The van der Waals surface area contributed by atoms with E-state index in [0.29, 0.717) is 6.61 Å². The molecule has 0 radical (unpaired) electrons. The lowest BCUT2D eigenvalue weighted by atomic mass is 9.75. The summed E-state index contributed by atoms with van der Waals surface area (Å²) in [6, 6.07) is 0. The van der Waals surface area contributed by atoms with E-state index in [-0.39, 0.29) is 17.9 Å². The molecule has 2 saturated heterocycles. The third-order valence-electron chi connectivity index (χ3n) is 3.58. The summed E-state index contributed by atoms with van der Waals surface area (Å²) in [6.07, 6.45) is 4.17. The Morgan fingerprint density at radius 2 is 2.07 bits per heavy atom. The van der Waals surface area contributed by atoms with Crippen molar-refractivity contribution >= 4 is 5.97 Å². The van der Waals surface area contributed by atoms with Gasteiger partial charge in [0.2, 0.25) is 0 Å². The highest BCUT2D eigenvalue weighted by Gasteiger charge is 2.37. The Balaban J connectivity index is 1.82. The molecule has 0 saturated carbocycles. The lowest BCUT2D eigenvalue weighted by molar-refractivity contribution is -0.146. The molecular formula is C11H18O4. The quantitative estimate of drug-likeness (QED) is 0.755. The zero-order valence-corrected chi connectivity index (χ0v) is 8.91. The lowest BCUT2D eigenvalue weighted by Gasteiger charge is -2.42. The van der Waals surface area contributed by atoms with Crippen molar-refractivity contribution in [3.05, 3.63) is 0 Å². The molecule has 4 heteroatoms. The second kappa shape index (κ2) is 4.49. The standard InChI is InChI=1S/C11H18O4/c12-10(13)7-9-1-2-11(8-15-9)3-5-14-6-4-11/h9H,1-8H2,(H,12,13)/t9-/m0/s1. The fourth-order valence-corrected chi connectivity index (χ4v) is 2.47. The van der Waals surface area contributed by atoms with Crippen LogP contribution < -0.4 is 0 Å². The predicted molar refractivity (Wildman–Crippen MR) is 53.7 cm³/mol. The number of aliphatic carboxylic acids is 1. The molecule has 0 unspecified atom stereocenters. The topological polar surface area (TPSA) is 55.8 Å². The molecule has 0 aromatic rings. The fourth-order valence-electron chi connectivity index (χ4n) is 2.47. The van der Waals surface area contributed by atoms with E-state index < -0.39 is 5.97 Å². The minimum Gasteiger partial charge on any atom is -0.481 e. The first-order valence-corrected chi connectivity index (χ1v) is 5.61. The summed E-state index contributed by atoms with van der Waals surface area (Å²) in [6.45, 7) is 2.37. The number of ether oxygens (including phenoxy) is 2. The van der Waals surface area contributed by atoms with Gasteiger partial charge in [0.05, 0.1) is 19.1 Å². The van der Waals surface area contributed by atoms with E-state index in [9.17, 15) is 4.79 Å². The maximum atomic E-state index is 10.5. The summed E-state index contributed by atoms with van der Waals surface area (Å²) >= 11 is 0. The Morgan fingerprint density at radius 1 is 1.33 bits per heavy atom. The summed E-state index contributed by atoms with van der Waals surface area (Å²) in [5.74, 6) is -0.761. The van der Waals surface area contributed by atoms with Crippen LogP contribution in [-0.4, -0.2) is 37.0 Å². The molecule has 0 aromatic heterocycles. The van der Waals surface area contributed by atoms with Crippen LogP contribution in [0.25, 0.3) is 0 Å². The molecule has 0 aromatic carbocycles. The van der Waals surface area contributed by atoms with Gasteiger partial charge in [0.1, 0.15) is 0 Å². The smallest absolute Gasteiger partial charge is 0.305 e. The molecule has 4 nitrogen and oxygen atoms in total. The van der Waals surface area contributed by atoms with Gasteiger partial charge in [0.15, 0.2) is 0 Å². The van der Waals surface area contributed by atoms with Gasteiger partial charge in [-0.15, -0.1) is 0 Å². The van der Waals surface area contributed by atoms with Crippen molar-refractivity contribution in [1.82, 2.24) is 0 Å². The van der Waals surface area contributed by atoms with E-state index in [1.165, 1.54) is 0 Å². The van der Waals surface area contributed by atoms with Crippen LogP contribution in [0.5, 0.6) is 0 Å². The number of carboxylic acid groups (broad SMARTS) is 1. The van der Waals surface area contributed by atoms with Gasteiger partial charge < -0.3 is 14.6 Å².